The van der Waals surface area contributed by atoms with Crippen LogP contribution in [0.3, 0.4) is 0 Å². The zero-order valence-electron chi connectivity index (χ0n) is 11.5. The van der Waals surface area contributed by atoms with Crippen LogP contribution in [-0.4, -0.2) is 20.0 Å². The van der Waals surface area contributed by atoms with Gasteiger partial charge < -0.3 is 0 Å². The first-order chi connectivity index (χ1) is 8.90. The van der Waals surface area contributed by atoms with Crippen LogP contribution in [-0.2, 0) is 14.6 Å². The van der Waals surface area contributed by atoms with Gasteiger partial charge in [0.1, 0.15) is 5.75 Å². The molecule has 0 aromatic heterocycles. The Bertz CT molecular complexity index is 581. The molecule has 0 spiro atoms. The Balaban J connectivity index is 2.22. The zero-order valence-corrected chi connectivity index (χ0v) is 12.3. The van der Waals surface area contributed by atoms with Crippen LogP contribution >= 0.6 is 0 Å². The Morgan fingerprint density at radius 3 is 2.47 bits per heavy atom. The van der Waals surface area contributed by atoms with E-state index in [1.807, 2.05) is 13.0 Å². The van der Waals surface area contributed by atoms with Gasteiger partial charge in [-0.15, -0.1) is 0 Å². The van der Waals surface area contributed by atoms with Gasteiger partial charge in [-0.3, -0.25) is 4.79 Å². The topological polar surface area (TPSA) is 51.2 Å². The molecule has 1 aliphatic rings. The summed E-state index contributed by atoms with van der Waals surface area (Å²) in [5.41, 5.74) is 1.61. The van der Waals surface area contributed by atoms with Crippen molar-refractivity contribution in [3.05, 3.63) is 29.3 Å². The summed E-state index contributed by atoms with van der Waals surface area (Å²) >= 11 is 0. The number of benzene rings is 1. The van der Waals surface area contributed by atoms with E-state index in [0.29, 0.717) is 10.5 Å². The number of rotatable bonds is 4. The molecule has 1 aliphatic carbocycles. The van der Waals surface area contributed by atoms with E-state index in [-0.39, 0.29) is 17.5 Å². The first-order valence-corrected chi connectivity index (χ1v) is 8.38. The van der Waals surface area contributed by atoms with E-state index in [1.54, 1.807) is 19.1 Å². The molecule has 2 rings (SSSR count). The molecule has 0 unspecified atom stereocenters. The standard InChI is InChI=1S/C15H20O3S/c1-11-7-8-12(2)15(9-11)19(17,18)10-14(16)13-5-3-4-6-13/h7-9,13H,3-6,10H2,1-2H3. The van der Waals surface area contributed by atoms with Crippen LogP contribution in [0.1, 0.15) is 36.8 Å². The number of hydrogen-bond donors (Lipinski definition) is 0. The smallest absolute Gasteiger partial charge is 0.185 e. The fraction of sp³-hybridized carbons (Fsp3) is 0.533. The minimum atomic E-state index is -3.50. The fourth-order valence-electron chi connectivity index (χ4n) is 2.67. The summed E-state index contributed by atoms with van der Waals surface area (Å²) in [6.45, 7) is 3.63. The van der Waals surface area contributed by atoms with E-state index in [1.165, 1.54) is 0 Å². The number of ketones is 1. The molecule has 0 atom stereocenters. The molecule has 3 nitrogen and oxygen atoms in total. The third kappa shape index (κ3) is 3.24. The SMILES string of the molecule is Cc1ccc(C)c(S(=O)(=O)CC(=O)C2CCCC2)c1. The van der Waals surface area contributed by atoms with E-state index in [9.17, 15) is 13.2 Å². The molecule has 0 radical (unpaired) electrons. The lowest BCUT2D eigenvalue weighted by Gasteiger charge is -2.11. The fourth-order valence-corrected chi connectivity index (χ4v) is 4.36. The van der Waals surface area contributed by atoms with Gasteiger partial charge in [-0.2, -0.15) is 0 Å². The van der Waals surface area contributed by atoms with Gasteiger partial charge in [0.15, 0.2) is 15.6 Å². The van der Waals surface area contributed by atoms with Crippen molar-refractivity contribution in [2.45, 2.75) is 44.4 Å². The molecule has 0 amide bonds. The Morgan fingerprint density at radius 2 is 1.84 bits per heavy atom. The normalized spacial score (nSPS) is 16.7. The molecule has 4 heteroatoms. The van der Waals surface area contributed by atoms with Crippen LogP contribution < -0.4 is 0 Å². The lowest BCUT2D eigenvalue weighted by atomic mass is 10.0. The highest BCUT2D eigenvalue weighted by atomic mass is 32.2. The number of Topliss-reactive ketones (excluding diaryl/α,β-unsaturated/α-hetero) is 1. The van der Waals surface area contributed by atoms with Crippen LogP contribution in [0.15, 0.2) is 23.1 Å². The number of sulfone groups is 1. The number of carbonyl (C=O) groups excluding carboxylic acids is 1. The van der Waals surface area contributed by atoms with Crippen LogP contribution in [0.4, 0.5) is 0 Å². The Labute approximate surface area is 114 Å². The molecule has 0 bridgehead atoms. The lowest BCUT2D eigenvalue weighted by Crippen LogP contribution is -2.22. The van der Waals surface area contributed by atoms with Gasteiger partial charge in [0, 0.05) is 5.92 Å². The summed E-state index contributed by atoms with van der Waals surface area (Å²) < 4.78 is 24.7. The molecule has 1 aromatic carbocycles. The van der Waals surface area contributed by atoms with E-state index in [0.717, 1.165) is 31.2 Å². The van der Waals surface area contributed by atoms with Crippen LogP contribution in [0.5, 0.6) is 0 Å². The van der Waals surface area contributed by atoms with Crippen molar-refractivity contribution in [2.75, 3.05) is 5.75 Å². The molecule has 1 saturated carbocycles. The summed E-state index contributed by atoms with van der Waals surface area (Å²) in [4.78, 5) is 12.4. The van der Waals surface area contributed by atoms with Gasteiger partial charge in [0.25, 0.3) is 0 Å². The minimum Gasteiger partial charge on any atom is -0.298 e. The van der Waals surface area contributed by atoms with Gasteiger partial charge in [-0.05, 0) is 43.9 Å². The molecule has 1 fully saturated rings. The van der Waals surface area contributed by atoms with Gasteiger partial charge in [-0.1, -0.05) is 25.0 Å². The average Bonchev–Trinajstić information content (AvgIpc) is 2.85. The molecule has 0 aliphatic heterocycles. The predicted molar refractivity (Wildman–Crippen MR) is 74.9 cm³/mol. The molecular weight excluding hydrogens is 260 g/mol. The highest BCUT2D eigenvalue weighted by Gasteiger charge is 2.28. The molecule has 0 saturated heterocycles. The summed E-state index contributed by atoms with van der Waals surface area (Å²) in [6.07, 6.45) is 3.78. The van der Waals surface area contributed by atoms with Crippen molar-refractivity contribution in [2.24, 2.45) is 5.92 Å². The largest absolute Gasteiger partial charge is 0.298 e. The van der Waals surface area contributed by atoms with Crippen molar-refractivity contribution < 1.29 is 13.2 Å². The average molecular weight is 280 g/mol. The van der Waals surface area contributed by atoms with Crippen molar-refractivity contribution in [1.82, 2.24) is 0 Å². The molecular formula is C15H20O3S. The van der Waals surface area contributed by atoms with Crippen LogP contribution in [0.25, 0.3) is 0 Å². The summed E-state index contributed by atoms with van der Waals surface area (Å²) in [6, 6.07) is 5.34. The van der Waals surface area contributed by atoms with E-state index >= 15 is 0 Å². The number of aryl methyl sites for hydroxylation is 2. The van der Waals surface area contributed by atoms with E-state index in [4.69, 9.17) is 0 Å². The Hall–Kier alpha value is -1.16. The molecule has 0 N–H and O–H groups in total. The molecule has 0 heterocycles. The monoisotopic (exact) mass is 280 g/mol. The quantitative estimate of drug-likeness (QED) is 0.852. The zero-order chi connectivity index (χ0) is 14.0. The second-order valence-electron chi connectivity index (χ2n) is 5.48. The maximum absolute atomic E-state index is 12.4. The third-order valence-corrected chi connectivity index (χ3v) is 5.60. The molecule has 104 valence electrons. The molecule has 19 heavy (non-hydrogen) atoms. The number of carbonyl (C=O) groups is 1. The van der Waals surface area contributed by atoms with E-state index in [2.05, 4.69) is 0 Å². The Kier molecular flexibility index (Phi) is 4.09. The lowest BCUT2D eigenvalue weighted by molar-refractivity contribution is -0.120. The maximum atomic E-state index is 12.4. The first kappa shape index (κ1) is 14.3. The minimum absolute atomic E-state index is 0.0418. The summed E-state index contributed by atoms with van der Waals surface area (Å²) in [7, 11) is -3.50. The second-order valence-corrected chi connectivity index (χ2v) is 7.43. The van der Waals surface area contributed by atoms with Crippen molar-refractivity contribution in [1.29, 1.82) is 0 Å². The van der Waals surface area contributed by atoms with Gasteiger partial charge in [0.2, 0.25) is 0 Å². The van der Waals surface area contributed by atoms with Crippen molar-refractivity contribution in [3.8, 4) is 0 Å². The second kappa shape index (κ2) is 5.45. The maximum Gasteiger partial charge on any atom is 0.185 e. The number of hydrogen-bond acceptors (Lipinski definition) is 3. The van der Waals surface area contributed by atoms with E-state index < -0.39 is 9.84 Å². The molecule has 1 aromatic rings. The van der Waals surface area contributed by atoms with Crippen LogP contribution in [0.2, 0.25) is 0 Å². The summed E-state index contributed by atoms with van der Waals surface area (Å²) in [5, 5.41) is 0. The first-order valence-electron chi connectivity index (χ1n) is 6.73. The highest BCUT2D eigenvalue weighted by Crippen LogP contribution is 2.27. The van der Waals surface area contributed by atoms with Crippen molar-refractivity contribution in [3.63, 3.8) is 0 Å². The third-order valence-electron chi connectivity index (χ3n) is 3.82. The predicted octanol–water partition coefficient (Wildman–Crippen LogP) is 2.84. The van der Waals surface area contributed by atoms with Gasteiger partial charge in [0.05, 0.1) is 4.90 Å². The van der Waals surface area contributed by atoms with Crippen LogP contribution in [0, 0.1) is 19.8 Å². The Morgan fingerprint density at radius 1 is 1.21 bits per heavy atom. The van der Waals surface area contributed by atoms with Gasteiger partial charge >= 0.3 is 0 Å². The highest BCUT2D eigenvalue weighted by molar-refractivity contribution is 7.92. The summed E-state index contributed by atoms with van der Waals surface area (Å²) in [5.74, 6) is -0.500. The van der Waals surface area contributed by atoms with Gasteiger partial charge in [-0.25, -0.2) is 8.42 Å². The van der Waals surface area contributed by atoms with Crippen molar-refractivity contribution >= 4 is 15.6 Å².